The normalized spacial score (nSPS) is 10.4. The van der Waals surface area contributed by atoms with E-state index < -0.39 is 10.7 Å². The summed E-state index contributed by atoms with van der Waals surface area (Å²) < 4.78 is 18.9. The van der Waals surface area contributed by atoms with Gasteiger partial charge in [-0.2, -0.15) is 0 Å². The molecule has 0 spiro atoms. The standard InChI is InChI=1S/C13H14FNO3/c1-9(2)6-11-12(14)7-10(4-5-15(16)17)8-13(11)18-3/h4-8H,1-3H3. The molecule has 0 aliphatic carbocycles. The van der Waals surface area contributed by atoms with Crippen molar-refractivity contribution in [2.45, 2.75) is 13.8 Å². The Bertz CT molecular complexity index is 517. The predicted molar refractivity (Wildman–Crippen MR) is 68.3 cm³/mol. The summed E-state index contributed by atoms with van der Waals surface area (Å²) in [6, 6.07) is 2.79. The third-order valence-electron chi connectivity index (χ3n) is 2.16. The summed E-state index contributed by atoms with van der Waals surface area (Å²) in [6.07, 6.45) is 3.64. The van der Waals surface area contributed by atoms with Crippen molar-refractivity contribution in [1.29, 1.82) is 0 Å². The Morgan fingerprint density at radius 3 is 2.61 bits per heavy atom. The minimum atomic E-state index is -0.603. The van der Waals surface area contributed by atoms with Crippen LogP contribution in [0, 0.1) is 15.9 Å². The fraction of sp³-hybridized carbons (Fsp3) is 0.231. The van der Waals surface area contributed by atoms with Gasteiger partial charge in [0.15, 0.2) is 0 Å². The molecule has 0 saturated carbocycles. The summed E-state index contributed by atoms with van der Waals surface area (Å²) in [5, 5.41) is 10.2. The van der Waals surface area contributed by atoms with Crippen LogP contribution in [0.1, 0.15) is 25.0 Å². The van der Waals surface area contributed by atoms with Crippen molar-refractivity contribution in [3.8, 4) is 5.75 Å². The molecule has 96 valence electrons. The van der Waals surface area contributed by atoms with Crippen LogP contribution in [0.15, 0.2) is 23.9 Å². The first-order valence-corrected chi connectivity index (χ1v) is 5.28. The average Bonchev–Trinajstić information content (AvgIpc) is 2.28. The van der Waals surface area contributed by atoms with Crippen LogP contribution >= 0.6 is 0 Å². The molecule has 4 nitrogen and oxygen atoms in total. The number of rotatable bonds is 4. The molecule has 0 amide bonds. The van der Waals surface area contributed by atoms with Gasteiger partial charge in [0, 0.05) is 6.08 Å². The molecule has 0 aliphatic rings. The van der Waals surface area contributed by atoms with Crippen molar-refractivity contribution in [3.63, 3.8) is 0 Å². The number of halogens is 1. The van der Waals surface area contributed by atoms with Crippen LogP contribution in [0.2, 0.25) is 0 Å². The van der Waals surface area contributed by atoms with E-state index in [0.717, 1.165) is 11.8 Å². The molecule has 1 aromatic rings. The van der Waals surface area contributed by atoms with Crippen LogP contribution in [0.3, 0.4) is 0 Å². The summed E-state index contributed by atoms with van der Waals surface area (Å²) in [6.45, 7) is 3.69. The SMILES string of the molecule is COc1cc(C=C[N+](=O)[O-])cc(F)c1C=C(C)C. The lowest BCUT2D eigenvalue weighted by atomic mass is 10.1. The molecule has 1 aromatic carbocycles. The van der Waals surface area contributed by atoms with Crippen LogP contribution in [0.4, 0.5) is 4.39 Å². The minimum absolute atomic E-state index is 0.343. The summed E-state index contributed by atoms with van der Waals surface area (Å²) >= 11 is 0. The van der Waals surface area contributed by atoms with E-state index in [0.29, 0.717) is 16.9 Å². The number of methoxy groups -OCH3 is 1. The number of allylic oxidation sites excluding steroid dienone is 1. The Balaban J connectivity index is 3.27. The lowest BCUT2D eigenvalue weighted by Crippen LogP contribution is -1.93. The number of nitro groups is 1. The molecule has 0 fully saturated rings. The summed E-state index contributed by atoms with van der Waals surface area (Å²) in [4.78, 5) is 9.61. The minimum Gasteiger partial charge on any atom is -0.496 e. The van der Waals surface area contributed by atoms with Crippen molar-refractivity contribution in [3.05, 3.63) is 51.0 Å². The molecule has 0 saturated heterocycles. The zero-order valence-corrected chi connectivity index (χ0v) is 10.4. The molecule has 5 heteroatoms. The maximum Gasteiger partial charge on any atom is 0.235 e. The maximum atomic E-state index is 13.9. The molecule has 0 atom stereocenters. The maximum absolute atomic E-state index is 13.9. The molecule has 0 heterocycles. The molecule has 0 aliphatic heterocycles. The van der Waals surface area contributed by atoms with Gasteiger partial charge in [0.1, 0.15) is 11.6 Å². The molecule has 18 heavy (non-hydrogen) atoms. The van der Waals surface area contributed by atoms with E-state index in [1.807, 2.05) is 13.8 Å². The zero-order chi connectivity index (χ0) is 13.7. The van der Waals surface area contributed by atoms with E-state index >= 15 is 0 Å². The molecular weight excluding hydrogens is 237 g/mol. The van der Waals surface area contributed by atoms with Crippen molar-refractivity contribution in [2.75, 3.05) is 7.11 Å². The fourth-order valence-corrected chi connectivity index (χ4v) is 1.45. The van der Waals surface area contributed by atoms with Gasteiger partial charge in [-0.25, -0.2) is 4.39 Å². The second kappa shape index (κ2) is 5.95. The number of benzene rings is 1. The second-order valence-electron chi connectivity index (χ2n) is 3.94. The van der Waals surface area contributed by atoms with Crippen LogP contribution in [-0.2, 0) is 0 Å². The van der Waals surface area contributed by atoms with E-state index in [9.17, 15) is 14.5 Å². The summed E-state index contributed by atoms with van der Waals surface area (Å²) in [5.74, 6) is -0.127. The highest BCUT2D eigenvalue weighted by atomic mass is 19.1. The first-order chi connectivity index (χ1) is 8.43. The van der Waals surface area contributed by atoms with E-state index in [2.05, 4.69) is 0 Å². The van der Waals surface area contributed by atoms with Gasteiger partial charge in [-0.1, -0.05) is 5.57 Å². The molecule has 0 N–H and O–H groups in total. The third-order valence-corrected chi connectivity index (χ3v) is 2.16. The number of ether oxygens (including phenoxy) is 1. The van der Waals surface area contributed by atoms with Gasteiger partial charge >= 0.3 is 0 Å². The lowest BCUT2D eigenvalue weighted by Gasteiger charge is -2.08. The van der Waals surface area contributed by atoms with Gasteiger partial charge in [0.05, 0.1) is 17.6 Å². The Morgan fingerprint density at radius 1 is 1.44 bits per heavy atom. The van der Waals surface area contributed by atoms with Gasteiger partial charge in [0.2, 0.25) is 6.20 Å². The Hall–Kier alpha value is -2.17. The van der Waals surface area contributed by atoms with Crippen molar-refractivity contribution in [1.82, 2.24) is 0 Å². The third kappa shape index (κ3) is 3.69. The van der Waals surface area contributed by atoms with Crippen molar-refractivity contribution in [2.24, 2.45) is 0 Å². The van der Waals surface area contributed by atoms with Gasteiger partial charge < -0.3 is 4.74 Å². The molecule has 0 unspecified atom stereocenters. The molecule has 0 bridgehead atoms. The largest absolute Gasteiger partial charge is 0.496 e. The molecular formula is C13H14FNO3. The predicted octanol–water partition coefficient (Wildman–Crippen LogP) is 3.50. The highest BCUT2D eigenvalue weighted by Crippen LogP contribution is 2.26. The van der Waals surface area contributed by atoms with Crippen LogP contribution in [0.25, 0.3) is 12.2 Å². The first-order valence-electron chi connectivity index (χ1n) is 5.28. The quantitative estimate of drug-likeness (QED) is 0.607. The number of hydrogen-bond donors (Lipinski definition) is 0. The van der Waals surface area contributed by atoms with Crippen molar-refractivity contribution < 1.29 is 14.1 Å². The summed E-state index contributed by atoms with van der Waals surface area (Å²) in [7, 11) is 1.43. The first kappa shape index (κ1) is 13.9. The Labute approximate surface area is 105 Å². The van der Waals surface area contributed by atoms with E-state index in [1.165, 1.54) is 19.3 Å². The Kier molecular flexibility index (Phi) is 4.59. The molecule has 0 radical (unpaired) electrons. The van der Waals surface area contributed by atoms with Crippen LogP contribution < -0.4 is 4.74 Å². The van der Waals surface area contributed by atoms with E-state index in [4.69, 9.17) is 4.74 Å². The molecule has 1 rings (SSSR count). The lowest BCUT2D eigenvalue weighted by molar-refractivity contribution is -0.400. The fourth-order valence-electron chi connectivity index (χ4n) is 1.45. The monoisotopic (exact) mass is 251 g/mol. The second-order valence-corrected chi connectivity index (χ2v) is 3.94. The van der Waals surface area contributed by atoms with E-state index in [-0.39, 0.29) is 0 Å². The Morgan fingerprint density at radius 2 is 2.11 bits per heavy atom. The zero-order valence-electron chi connectivity index (χ0n) is 10.4. The topological polar surface area (TPSA) is 52.4 Å². The van der Waals surface area contributed by atoms with E-state index in [1.54, 1.807) is 12.1 Å². The van der Waals surface area contributed by atoms with Crippen molar-refractivity contribution >= 4 is 12.2 Å². The van der Waals surface area contributed by atoms with Gasteiger partial charge in [-0.15, -0.1) is 0 Å². The highest BCUT2D eigenvalue weighted by molar-refractivity contribution is 5.64. The smallest absolute Gasteiger partial charge is 0.235 e. The number of hydrogen-bond acceptors (Lipinski definition) is 3. The van der Waals surface area contributed by atoms with Gasteiger partial charge in [-0.05, 0) is 37.6 Å². The average molecular weight is 251 g/mol. The van der Waals surface area contributed by atoms with Gasteiger partial charge in [-0.3, -0.25) is 10.1 Å². The van der Waals surface area contributed by atoms with Crippen LogP contribution in [-0.4, -0.2) is 12.0 Å². The number of nitrogens with zero attached hydrogens (tertiary/aromatic N) is 1. The van der Waals surface area contributed by atoms with Crippen LogP contribution in [0.5, 0.6) is 5.75 Å². The van der Waals surface area contributed by atoms with Gasteiger partial charge in [0.25, 0.3) is 0 Å². The highest BCUT2D eigenvalue weighted by Gasteiger charge is 2.09. The molecule has 0 aromatic heterocycles. The summed E-state index contributed by atoms with van der Waals surface area (Å²) in [5.41, 5.74) is 1.66.